The van der Waals surface area contributed by atoms with E-state index in [0.29, 0.717) is 15.5 Å². The van der Waals surface area contributed by atoms with E-state index in [1.165, 1.54) is 0 Å². The lowest BCUT2D eigenvalue weighted by atomic mass is 10.1. The molecular weight excluding hydrogens is 327 g/mol. The van der Waals surface area contributed by atoms with E-state index in [1.807, 2.05) is 0 Å². The van der Waals surface area contributed by atoms with E-state index in [4.69, 9.17) is 23.2 Å². The lowest BCUT2D eigenvalue weighted by Gasteiger charge is -2.09. The molecule has 0 bridgehead atoms. The third-order valence-electron chi connectivity index (χ3n) is 2.99. The molecule has 0 aliphatic heterocycles. The molecule has 0 N–H and O–H groups in total. The van der Waals surface area contributed by atoms with Crippen LogP contribution in [0.4, 0.5) is 0 Å². The van der Waals surface area contributed by atoms with Crippen LogP contribution in [0.1, 0.15) is 5.56 Å². The topological polar surface area (TPSA) is 34.1 Å². The van der Waals surface area contributed by atoms with Gasteiger partial charge in [-0.25, -0.2) is 8.42 Å². The highest BCUT2D eigenvalue weighted by Gasteiger charge is 2.17. The van der Waals surface area contributed by atoms with Crippen LogP contribution >= 0.6 is 23.2 Å². The van der Waals surface area contributed by atoms with E-state index in [0.717, 1.165) is 5.56 Å². The zero-order valence-corrected chi connectivity index (χ0v) is 13.5. The monoisotopic (exact) mass is 340 g/mol. The number of halogens is 2. The van der Waals surface area contributed by atoms with E-state index >= 15 is 0 Å². The normalized spacial score (nSPS) is 12.4. The SMILES string of the molecule is O=S(=O)(C/C(=C\CCl)c1ccc(Cl)cc1)c1ccccc1. The maximum atomic E-state index is 12.4. The molecule has 0 aliphatic rings. The minimum Gasteiger partial charge on any atom is -0.223 e. The van der Waals surface area contributed by atoms with Crippen molar-refractivity contribution in [3.63, 3.8) is 0 Å². The molecule has 0 unspecified atom stereocenters. The fourth-order valence-corrected chi connectivity index (χ4v) is 3.68. The molecule has 0 amide bonds. The zero-order valence-electron chi connectivity index (χ0n) is 11.2. The number of alkyl halides is 1. The maximum Gasteiger partial charge on any atom is 0.182 e. The van der Waals surface area contributed by atoms with Gasteiger partial charge in [-0.05, 0) is 35.4 Å². The quantitative estimate of drug-likeness (QED) is 0.754. The second kappa shape index (κ2) is 7.12. The molecule has 0 atom stereocenters. The van der Waals surface area contributed by atoms with Crippen molar-refractivity contribution in [1.82, 2.24) is 0 Å². The number of sulfone groups is 1. The Balaban J connectivity index is 2.33. The van der Waals surface area contributed by atoms with E-state index in [9.17, 15) is 8.42 Å². The first-order valence-electron chi connectivity index (χ1n) is 6.31. The number of benzene rings is 2. The highest BCUT2D eigenvalue weighted by molar-refractivity contribution is 7.91. The smallest absolute Gasteiger partial charge is 0.182 e. The summed E-state index contributed by atoms with van der Waals surface area (Å²) in [5.74, 6) is 0.160. The van der Waals surface area contributed by atoms with Crippen molar-refractivity contribution >= 4 is 38.6 Å². The van der Waals surface area contributed by atoms with Crippen molar-refractivity contribution in [2.45, 2.75) is 4.90 Å². The molecule has 0 spiro atoms. The summed E-state index contributed by atoms with van der Waals surface area (Å²) >= 11 is 11.6. The van der Waals surface area contributed by atoms with Crippen molar-refractivity contribution in [2.24, 2.45) is 0 Å². The van der Waals surface area contributed by atoms with Crippen LogP contribution in [-0.4, -0.2) is 20.1 Å². The molecule has 0 saturated carbocycles. The standard InChI is InChI=1S/C16H14Cl2O2S/c17-11-10-14(13-6-8-15(18)9-7-13)12-21(19,20)16-4-2-1-3-5-16/h1-10H,11-12H2/b14-10+. The summed E-state index contributed by atoms with van der Waals surface area (Å²) in [7, 11) is -3.40. The maximum absolute atomic E-state index is 12.4. The summed E-state index contributed by atoms with van der Waals surface area (Å²) in [4.78, 5) is 0.305. The lowest BCUT2D eigenvalue weighted by Crippen LogP contribution is -2.09. The average molecular weight is 341 g/mol. The Kier molecular flexibility index (Phi) is 5.45. The minimum atomic E-state index is -3.40. The number of hydrogen-bond acceptors (Lipinski definition) is 2. The predicted octanol–water partition coefficient (Wildman–Crippen LogP) is 4.44. The Bertz CT molecular complexity index is 721. The summed E-state index contributed by atoms with van der Waals surface area (Å²) < 4.78 is 24.9. The molecule has 0 radical (unpaired) electrons. The highest BCUT2D eigenvalue weighted by Crippen LogP contribution is 2.22. The van der Waals surface area contributed by atoms with Crippen molar-refractivity contribution in [3.8, 4) is 0 Å². The van der Waals surface area contributed by atoms with Gasteiger partial charge in [0.25, 0.3) is 0 Å². The second-order valence-electron chi connectivity index (χ2n) is 4.46. The van der Waals surface area contributed by atoms with Crippen LogP contribution in [0.3, 0.4) is 0 Å². The molecule has 0 saturated heterocycles. The van der Waals surface area contributed by atoms with Gasteiger partial charge in [0.05, 0.1) is 10.6 Å². The number of allylic oxidation sites excluding steroid dienone is 1. The average Bonchev–Trinajstić information content (AvgIpc) is 2.48. The molecule has 21 heavy (non-hydrogen) atoms. The van der Waals surface area contributed by atoms with Gasteiger partial charge >= 0.3 is 0 Å². The van der Waals surface area contributed by atoms with Gasteiger partial charge in [-0.1, -0.05) is 48.0 Å². The Morgan fingerprint density at radius 1 is 1.00 bits per heavy atom. The Labute approximate surface area is 134 Å². The summed E-state index contributed by atoms with van der Waals surface area (Å²) in [6.07, 6.45) is 1.71. The predicted molar refractivity (Wildman–Crippen MR) is 88.6 cm³/mol. The van der Waals surface area contributed by atoms with Gasteiger partial charge in [-0.2, -0.15) is 0 Å². The van der Waals surface area contributed by atoms with Crippen molar-refractivity contribution in [3.05, 3.63) is 71.3 Å². The first-order chi connectivity index (χ1) is 10.0. The van der Waals surface area contributed by atoms with Crippen LogP contribution in [0.2, 0.25) is 5.02 Å². The van der Waals surface area contributed by atoms with Crippen LogP contribution in [0, 0.1) is 0 Å². The van der Waals surface area contributed by atoms with Crippen LogP contribution in [0.5, 0.6) is 0 Å². The molecule has 0 aliphatic carbocycles. The first kappa shape index (κ1) is 16.1. The minimum absolute atomic E-state index is 0.0919. The highest BCUT2D eigenvalue weighted by atomic mass is 35.5. The Morgan fingerprint density at radius 2 is 1.62 bits per heavy atom. The van der Waals surface area contributed by atoms with Gasteiger partial charge in [0, 0.05) is 10.9 Å². The molecule has 0 heterocycles. The molecule has 5 heteroatoms. The Morgan fingerprint density at radius 3 is 2.19 bits per heavy atom. The summed E-state index contributed by atoms with van der Waals surface area (Å²) in [5.41, 5.74) is 1.48. The van der Waals surface area contributed by atoms with Gasteiger partial charge < -0.3 is 0 Å². The van der Waals surface area contributed by atoms with Gasteiger partial charge in [-0.15, -0.1) is 11.6 Å². The van der Waals surface area contributed by atoms with Gasteiger partial charge in [0.1, 0.15) is 0 Å². The van der Waals surface area contributed by atoms with Gasteiger partial charge in [-0.3, -0.25) is 0 Å². The van der Waals surface area contributed by atoms with Crippen LogP contribution in [-0.2, 0) is 9.84 Å². The van der Waals surface area contributed by atoms with Gasteiger partial charge in [0.2, 0.25) is 0 Å². The molecule has 0 aromatic heterocycles. The fraction of sp³-hybridized carbons (Fsp3) is 0.125. The van der Waals surface area contributed by atoms with E-state index in [2.05, 4.69) is 0 Å². The van der Waals surface area contributed by atoms with Crippen molar-refractivity contribution in [1.29, 1.82) is 0 Å². The van der Waals surface area contributed by atoms with Crippen LogP contribution in [0.15, 0.2) is 65.6 Å². The Hall–Kier alpha value is -1.29. The van der Waals surface area contributed by atoms with Crippen LogP contribution in [0.25, 0.3) is 5.57 Å². The van der Waals surface area contributed by atoms with Crippen molar-refractivity contribution < 1.29 is 8.42 Å². The summed E-state index contributed by atoms with van der Waals surface area (Å²) in [5, 5.41) is 0.606. The molecule has 2 aromatic rings. The molecule has 2 nitrogen and oxygen atoms in total. The summed E-state index contributed by atoms with van der Waals surface area (Å²) in [6.45, 7) is 0. The van der Waals surface area contributed by atoms with E-state index in [-0.39, 0.29) is 11.6 Å². The first-order valence-corrected chi connectivity index (χ1v) is 8.88. The molecular formula is C16H14Cl2O2S. The lowest BCUT2D eigenvalue weighted by molar-refractivity contribution is 0.599. The molecule has 2 aromatic carbocycles. The van der Waals surface area contributed by atoms with E-state index in [1.54, 1.807) is 60.7 Å². The zero-order chi connectivity index (χ0) is 15.3. The third-order valence-corrected chi connectivity index (χ3v) is 5.07. The van der Waals surface area contributed by atoms with Crippen LogP contribution < -0.4 is 0 Å². The van der Waals surface area contributed by atoms with Crippen molar-refractivity contribution in [2.75, 3.05) is 11.6 Å². The molecule has 0 fully saturated rings. The molecule has 2 rings (SSSR count). The van der Waals surface area contributed by atoms with Gasteiger partial charge in [0.15, 0.2) is 9.84 Å². The molecule has 110 valence electrons. The summed E-state index contributed by atoms with van der Waals surface area (Å²) in [6, 6.07) is 15.4. The number of rotatable bonds is 5. The third kappa shape index (κ3) is 4.34. The number of hydrogen-bond donors (Lipinski definition) is 0. The fourth-order valence-electron chi connectivity index (χ4n) is 1.93. The largest absolute Gasteiger partial charge is 0.223 e. The van der Waals surface area contributed by atoms with E-state index < -0.39 is 9.84 Å². The second-order valence-corrected chi connectivity index (χ2v) is 7.20.